The van der Waals surface area contributed by atoms with Crippen LogP contribution in [0, 0.1) is 0 Å². The molecule has 0 aliphatic heterocycles. The zero-order chi connectivity index (χ0) is 13.8. The molecule has 0 atom stereocenters. The predicted octanol–water partition coefficient (Wildman–Crippen LogP) is 2.91. The van der Waals surface area contributed by atoms with Crippen molar-refractivity contribution in [2.75, 3.05) is 0 Å². The summed E-state index contributed by atoms with van der Waals surface area (Å²) in [6, 6.07) is 8.57. The molecule has 0 saturated heterocycles. The number of phenols is 1. The van der Waals surface area contributed by atoms with E-state index in [-0.39, 0.29) is 11.7 Å². The van der Waals surface area contributed by atoms with Gasteiger partial charge in [-0.1, -0.05) is 12.1 Å². The maximum absolute atomic E-state index is 12.1. The topological polar surface area (TPSA) is 54.3 Å². The number of hydrogen-bond acceptors (Lipinski definition) is 2. The molecule has 0 radical (unpaired) electrons. The van der Waals surface area contributed by atoms with Gasteiger partial charge in [-0.25, -0.2) is 0 Å². The predicted molar refractivity (Wildman–Crippen MR) is 77.1 cm³/mol. The summed E-state index contributed by atoms with van der Waals surface area (Å²) >= 11 is 3.37. The minimum atomic E-state index is -0.111. The molecule has 0 fully saturated rings. The largest absolute Gasteiger partial charge is 0.508 e. The van der Waals surface area contributed by atoms with Crippen molar-refractivity contribution in [3.8, 4) is 5.75 Å². The Morgan fingerprint density at radius 1 is 1.37 bits per heavy atom. The quantitative estimate of drug-likeness (QED) is 0.909. The monoisotopic (exact) mass is 322 g/mol. The molecule has 0 spiro atoms. The number of aryl methyl sites for hydroxylation is 1. The van der Waals surface area contributed by atoms with Crippen LogP contribution in [0.4, 0.5) is 0 Å². The highest BCUT2D eigenvalue weighted by atomic mass is 79.9. The summed E-state index contributed by atoms with van der Waals surface area (Å²) in [6.45, 7) is 3.17. The number of rotatable bonds is 4. The zero-order valence-corrected chi connectivity index (χ0v) is 12.1. The zero-order valence-electron chi connectivity index (χ0n) is 10.6. The Balaban J connectivity index is 2.03. The number of hydrogen-bond donors (Lipinski definition) is 2. The van der Waals surface area contributed by atoms with E-state index in [1.807, 2.05) is 17.7 Å². The molecule has 2 rings (SSSR count). The van der Waals surface area contributed by atoms with Crippen LogP contribution in [0.1, 0.15) is 23.0 Å². The summed E-state index contributed by atoms with van der Waals surface area (Å²) in [5, 5.41) is 12.0. The van der Waals surface area contributed by atoms with Crippen molar-refractivity contribution in [1.82, 2.24) is 9.88 Å². The Morgan fingerprint density at radius 3 is 2.68 bits per heavy atom. The third-order valence-corrected chi connectivity index (χ3v) is 3.26. The number of carbonyl (C=O) groups excluding carboxylic acids is 1. The molecule has 2 aromatic rings. The lowest BCUT2D eigenvalue weighted by Crippen LogP contribution is -2.25. The first-order chi connectivity index (χ1) is 9.10. The molecule has 5 heteroatoms. The summed E-state index contributed by atoms with van der Waals surface area (Å²) in [5.41, 5.74) is 1.58. The number of nitrogens with one attached hydrogen (secondary N) is 1. The Morgan fingerprint density at radius 2 is 2.05 bits per heavy atom. The minimum Gasteiger partial charge on any atom is -0.508 e. The molecular formula is C14H15BrN2O2. The summed E-state index contributed by atoms with van der Waals surface area (Å²) in [5.74, 6) is 0.111. The Kier molecular flexibility index (Phi) is 4.27. The Labute approximate surface area is 120 Å². The van der Waals surface area contributed by atoms with Crippen molar-refractivity contribution in [3.05, 3.63) is 52.3 Å². The van der Waals surface area contributed by atoms with Crippen LogP contribution in [0.25, 0.3) is 0 Å². The molecule has 4 nitrogen and oxygen atoms in total. The molecule has 19 heavy (non-hydrogen) atoms. The second-order valence-corrected chi connectivity index (χ2v) is 5.09. The van der Waals surface area contributed by atoms with Crippen LogP contribution in [0.15, 0.2) is 41.0 Å². The summed E-state index contributed by atoms with van der Waals surface area (Å²) in [6.07, 6.45) is 1.88. The fourth-order valence-electron chi connectivity index (χ4n) is 1.81. The molecule has 0 aliphatic carbocycles. The van der Waals surface area contributed by atoms with Gasteiger partial charge in [0.15, 0.2) is 0 Å². The van der Waals surface area contributed by atoms with Crippen molar-refractivity contribution >= 4 is 21.8 Å². The van der Waals surface area contributed by atoms with Crippen molar-refractivity contribution in [2.24, 2.45) is 0 Å². The molecule has 1 aromatic carbocycles. The van der Waals surface area contributed by atoms with E-state index in [1.165, 1.54) is 0 Å². The van der Waals surface area contributed by atoms with E-state index in [2.05, 4.69) is 21.2 Å². The number of aromatic nitrogens is 1. The van der Waals surface area contributed by atoms with Crippen molar-refractivity contribution in [1.29, 1.82) is 0 Å². The Hall–Kier alpha value is -1.75. The lowest BCUT2D eigenvalue weighted by Gasteiger charge is -2.07. The minimum absolute atomic E-state index is 0.111. The number of phenolic OH excluding ortho intramolecular Hbond substituents is 1. The first kappa shape index (κ1) is 13.7. The van der Waals surface area contributed by atoms with Crippen LogP contribution in [0.5, 0.6) is 5.75 Å². The van der Waals surface area contributed by atoms with Crippen molar-refractivity contribution in [3.63, 3.8) is 0 Å². The lowest BCUT2D eigenvalue weighted by molar-refractivity contribution is 0.0942. The molecule has 0 bridgehead atoms. The highest BCUT2D eigenvalue weighted by Crippen LogP contribution is 2.15. The molecule has 0 unspecified atom stereocenters. The van der Waals surface area contributed by atoms with Gasteiger partial charge in [0, 0.05) is 23.8 Å². The maximum Gasteiger partial charge on any atom is 0.268 e. The second kappa shape index (κ2) is 5.93. The van der Waals surface area contributed by atoms with Gasteiger partial charge in [-0.2, -0.15) is 0 Å². The molecule has 1 aromatic heterocycles. The molecular weight excluding hydrogens is 308 g/mol. The number of aromatic hydroxyl groups is 1. The SMILES string of the molecule is CCn1cc(Br)cc1C(=O)NCc1ccc(O)cc1. The van der Waals surface area contributed by atoms with Crippen LogP contribution in [0.2, 0.25) is 0 Å². The van der Waals surface area contributed by atoms with E-state index in [4.69, 9.17) is 0 Å². The van der Waals surface area contributed by atoms with Gasteiger partial charge in [-0.3, -0.25) is 4.79 Å². The fraction of sp³-hybridized carbons (Fsp3) is 0.214. The van der Waals surface area contributed by atoms with Crippen LogP contribution in [-0.2, 0) is 13.1 Å². The van der Waals surface area contributed by atoms with E-state index in [1.54, 1.807) is 30.3 Å². The van der Waals surface area contributed by atoms with E-state index in [9.17, 15) is 9.90 Å². The van der Waals surface area contributed by atoms with E-state index in [0.717, 1.165) is 16.6 Å². The molecule has 2 N–H and O–H groups in total. The third-order valence-electron chi connectivity index (χ3n) is 2.83. The van der Waals surface area contributed by atoms with E-state index in [0.29, 0.717) is 12.2 Å². The van der Waals surface area contributed by atoms with Gasteiger partial charge < -0.3 is 15.0 Å². The standard InChI is InChI=1S/C14H15BrN2O2/c1-2-17-9-11(15)7-13(17)14(19)16-8-10-3-5-12(18)6-4-10/h3-7,9,18H,2,8H2,1H3,(H,16,19). The van der Waals surface area contributed by atoms with Crippen LogP contribution >= 0.6 is 15.9 Å². The summed E-state index contributed by atoms with van der Waals surface area (Å²) < 4.78 is 2.78. The third kappa shape index (κ3) is 3.38. The fourth-order valence-corrected chi connectivity index (χ4v) is 2.28. The molecule has 1 heterocycles. The van der Waals surface area contributed by atoms with Gasteiger partial charge in [-0.15, -0.1) is 0 Å². The van der Waals surface area contributed by atoms with Gasteiger partial charge >= 0.3 is 0 Å². The highest BCUT2D eigenvalue weighted by Gasteiger charge is 2.11. The van der Waals surface area contributed by atoms with Crippen molar-refractivity contribution < 1.29 is 9.90 Å². The number of benzene rings is 1. The van der Waals surface area contributed by atoms with E-state index >= 15 is 0 Å². The highest BCUT2D eigenvalue weighted by molar-refractivity contribution is 9.10. The maximum atomic E-state index is 12.1. The number of amides is 1. The van der Waals surface area contributed by atoms with Gasteiger partial charge in [-0.05, 0) is 46.6 Å². The molecule has 100 valence electrons. The lowest BCUT2D eigenvalue weighted by atomic mass is 10.2. The first-order valence-corrected chi connectivity index (χ1v) is 6.81. The number of nitrogens with zero attached hydrogens (tertiary/aromatic N) is 1. The van der Waals surface area contributed by atoms with E-state index < -0.39 is 0 Å². The van der Waals surface area contributed by atoms with Gasteiger partial charge in [0.25, 0.3) is 5.91 Å². The molecule has 1 amide bonds. The first-order valence-electron chi connectivity index (χ1n) is 6.02. The van der Waals surface area contributed by atoms with Crippen LogP contribution in [-0.4, -0.2) is 15.6 Å². The van der Waals surface area contributed by atoms with Gasteiger partial charge in [0.05, 0.1) is 0 Å². The van der Waals surface area contributed by atoms with Crippen LogP contribution in [0.3, 0.4) is 0 Å². The van der Waals surface area contributed by atoms with Crippen LogP contribution < -0.4 is 5.32 Å². The molecule has 0 aliphatic rings. The summed E-state index contributed by atoms with van der Waals surface area (Å²) in [7, 11) is 0. The number of carbonyl (C=O) groups is 1. The molecule has 0 saturated carbocycles. The average Bonchev–Trinajstić information content (AvgIpc) is 2.79. The van der Waals surface area contributed by atoms with Gasteiger partial charge in [0.2, 0.25) is 0 Å². The smallest absolute Gasteiger partial charge is 0.268 e. The van der Waals surface area contributed by atoms with Gasteiger partial charge in [0.1, 0.15) is 11.4 Å². The normalized spacial score (nSPS) is 10.4. The number of halogens is 1. The second-order valence-electron chi connectivity index (χ2n) is 4.18. The Bertz CT molecular complexity index is 576. The average molecular weight is 323 g/mol. The van der Waals surface area contributed by atoms with Crippen molar-refractivity contribution in [2.45, 2.75) is 20.0 Å². The summed E-state index contributed by atoms with van der Waals surface area (Å²) in [4.78, 5) is 12.1.